The minimum Gasteiger partial charge on any atom is -0.458 e. The lowest BCUT2D eigenvalue weighted by atomic mass is 9.63. The van der Waals surface area contributed by atoms with Crippen LogP contribution in [0.15, 0.2) is 308 Å². The van der Waals surface area contributed by atoms with E-state index in [4.69, 9.17) is 63.1 Å². The average molecular weight is 1750 g/mol. The van der Waals surface area contributed by atoms with E-state index in [2.05, 4.69) is 247 Å². The number of fused-ring (bicyclic) bond motifs is 8. The van der Waals surface area contributed by atoms with Crippen molar-refractivity contribution in [1.29, 1.82) is 5.26 Å². The van der Waals surface area contributed by atoms with E-state index < -0.39 is 0 Å². The number of thioether (sulfide) groups is 1. The monoisotopic (exact) mass is 1750 g/mol. The fourth-order valence-corrected chi connectivity index (χ4v) is 18.7. The summed E-state index contributed by atoms with van der Waals surface area (Å²) >= 11 is 13.9. The summed E-state index contributed by atoms with van der Waals surface area (Å²) in [5.74, 6) is 4.49. The van der Waals surface area contributed by atoms with Crippen LogP contribution in [0.2, 0.25) is 50.0 Å². The molecule has 17 nitrogen and oxygen atoms in total. The van der Waals surface area contributed by atoms with Crippen LogP contribution in [0.5, 0.6) is 23.0 Å². The zero-order chi connectivity index (χ0) is 88.7. The number of aromatic nitrogens is 6. The number of aryl methyl sites for hydroxylation is 4. The number of hydrogen-bond acceptors (Lipinski definition) is 14. The second-order valence-corrected chi connectivity index (χ2v) is 34.8. The van der Waals surface area contributed by atoms with Gasteiger partial charge in [0, 0.05) is 86.0 Å². The molecule has 0 saturated carbocycles. The van der Waals surface area contributed by atoms with Crippen LogP contribution in [0.1, 0.15) is 62.1 Å². The summed E-state index contributed by atoms with van der Waals surface area (Å²) in [6, 6.07) is 101. The molecule has 0 spiro atoms. The molecule has 0 aliphatic carbocycles. The van der Waals surface area contributed by atoms with Gasteiger partial charge in [-0.3, -0.25) is 0 Å². The molecule has 3 N–H and O–H groups in total. The number of benzene rings is 13. The molecule has 22 rings (SSSR count). The van der Waals surface area contributed by atoms with E-state index in [1.807, 2.05) is 117 Å². The van der Waals surface area contributed by atoms with E-state index in [1.54, 1.807) is 23.9 Å². The zero-order valence-corrected chi connectivity index (χ0v) is 74.6. The van der Waals surface area contributed by atoms with Gasteiger partial charge >= 0.3 is 41.5 Å². The van der Waals surface area contributed by atoms with Crippen molar-refractivity contribution in [3.63, 3.8) is 0 Å². The number of H-pyrrole nitrogens is 1. The van der Waals surface area contributed by atoms with Gasteiger partial charge < -0.3 is 52.2 Å². The van der Waals surface area contributed by atoms with E-state index in [1.165, 1.54) is 72.2 Å². The van der Waals surface area contributed by atoms with Gasteiger partial charge in [-0.25, -0.2) is 4.85 Å². The maximum atomic E-state index is 10.2. The lowest BCUT2D eigenvalue weighted by Crippen LogP contribution is -2.27. The predicted molar refractivity (Wildman–Crippen MR) is 529 cm³/mol. The molecule has 0 atom stereocenters. The molecule has 13 aromatic carbocycles. The van der Waals surface area contributed by atoms with Crippen molar-refractivity contribution in [1.82, 2.24) is 29.8 Å². The van der Waals surface area contributed by atoms with Crippen LogP contribution in [-0.2, 0) is 83.8 Å². The van der Waals surface area contributed by atoms with E-state index >= 15 is 0 Å². The van der Waals surface area contributed by atoms with Gasteiger partial charge in [-0.15, -0.1) is 22.0 Å². The maximum Gasteiger partial charge on any atom is 0.328 e. The first-order valence-corrected chi connectivity index (χ1v) is 45.5. The number of hydrogen-bond donors (Lipinski definition) is 3. The van der Waals surface area contributed by atoms with Crippen LogP contribution in [0, 0.1) is 17.9 Å². The summed E-state index contributed by atoms with van der Waals surface area (Å²) in [6.45, 7) is 19.7. The lowest BCUT2D eigenvalue weighted by molar-refractivity contribution is 0.333. The average Bonchev–Trinajstić information content (AvgIpc) is 1.62. The molecule has 16 aromatic rings. The van der Waals surface area contributed by atoms with E-state index in [-0.39, 0.29) is 41.5 Å². The number of ether oxygens (including phenoxy) is 2. The Morgan fingerprint density at radius 3 is 1.60 bits per heavy atom. The Labute approximate surface area is 769 Å². The molecule has 0 saturated heterocycles. The SMILES string of the molecule is CB1OCc2ccc(CCc3ccccc3)cc21.CB1OCc2ccc(N(Cc3ccccc3)Cc3ccccc3)cc21.CB1OCc2cccc(Oc3ccc(-c4nn[nH]n4)cc3)c21.N#CCCSc1cn(-c2ccc3c(c2)B(O)CC3)c2ccc(Cl)cc12.OB1CCc2ccc(-n3ccc4cc(Cl)ccc43)cc21.[C-]#[N+]c1ccc(Oc2cccc3c2B(C)OC3)cc1. The van der Waals surface area contributed by atoms with Crippen molar-refractivity contribution in [2.24, 2.45) is 0 Å². The van der Waals surface area contributed by atoms with Crippen LogP contribution in [0.3, 0.4) is 0 Å². The van der Waals surface area contributed by atoms with Crippen LogP contribution >= 0.6 is 35.0 Å². The third-order valence-corrected chi connectivity index (χ3v) is 25.8. The van der Waals surface area contributed by atoms with Gasteiger partial charge in [0.1, 0.15) is 23.0 Å². The molecule has 9 heterocycles. The molecule has 0 bridgehead atoms. The second-order valence-electron chi connectivity index (χ2n) is 32.8. The molecule has 636 valence electrons. The van der Waals surface area contributed by atoms with E-state index in [9.17, 15) is 10.0 Å². The highest BCUT2D eigenvalue weighted by Gasteiger charge is 2.32. The normalized spacial score (nSPS) is 13.3. The third-order valence-electron chi connectivity index (χ3n) is 24.3. The Morgan fingerprint density at radius 1 is 0.504 bits per heavy atom. The quantitative estimate of drug-likeness (QED) is 0.0318. The van der Waals surface area contributed by atoms with Gasteiger partial charge in [0.2, 0.25) is 5.82 Å². The molecule has 6 aliphatic rings. The van der Waals surface area contributed by atoms with Gasteiger partial charge in [0.05, 0.1) is 50.1 Å². The van der Waals surface area contributed by atoms with Crippen molar-refractivity contribution in [3.05, 3.63) is 381 Å². The van der Waals surface area contributed by atoms with Gasteiger partial charge in [-0.2, -0.15) is 10.5 Å². The van der Waals surface area contributed by atoms with Crippen molar-refractivity contribution in [2.75, 3.05) is 10.7 Å². The Balaban J connectivity index is 0.000000109. The molecule has 26 heteroatoms. The first-order chi connectivity index (χ1) is 63.1. The van der Waals surface area contributed by atoms with E-state index in [0.29, 0.717) is 36.2 Å². The van der Waals surface area contributed by atoms with Crippen molar-refractivity contribution in [2.45, 2.75) is 116 Å². The smallest absolute Gasteiger partial charge is 0.328 e. The molecule has 0 amide bonds. The molecule has 6 aliphatic heterocycles. The number of tetrazole rings is 1. The number of aromatic amines is 1. The molecule has 0 radical (unpaired) electrons. The minimum absolute atomic E-state index is 0.0600. The Morgan fingerprint density at radius 2 is 1.02 bits per heavy atom. The fraction of sp³-hybridized carbons (Fsp3) is 0.175. The van der Waals surface area contributed by atoms with Crippen LogP contribution in [-0.4, -0.2) is 87.1 Å². The van der Waals surface area contributed by atoms with Crippen molar-refractivity contribution < 1.29 is 38.1 Å². The number of rotatable bonds is 18. The highest BCUT2D eigenvalue weighted by Crippen LogP contribution is 2.37. The van der Waals surface area contributed by atoms with Crippen LogP contribution < -0.4 is 47.2 Å². The first-order valence-electron chi connectivity index (χ1n) is 43.8. The first kappa shape index (κ1) is 88.5. The van der Waals surface area contributed by atoms with Gasteiger partial charge in [0.15, 0.2) is 5.69 Å². The third kappa shape index (κ3) is 21.4. The number of nitriles is 1. The number of anilines is 1. The summed E-state index contributed by atoms with van der Waals surface area (Å²) < 4.78 is 38.9. The molecule has 0 fully saturated rings. The summed E-state index contributed by atoms with van der Waals surface area (Å²) in [5, 5.41) is 46.6. The standard InChI is InChI=1S/C22H22BNO.C19H16BClN2OS.C16H13BClNO.C16H17BO.C15H13BN4O2.C15H12BNO2/c1-23-22-14-21(13-12-20(22)17-25-23)24(15-18-8-4-2-5-9-18)16-19-10-6-3-7-11-19;21-14-3-5-18-16(10-14)19(25-9-1-8-22)12-23(18)15-4-2-13-6-7-20(24)17(13)11-15;18-13-2-4-16-12(9-13)6-8-19(16)14-3-1-11-5-7-17(20)15(11)10-14;1-17-16-11-14(9-10-15(16)12-18-17)8-7-13-5-3-2-4-6-13;1-16-14-11(9-21-16)3-2-4-13(14)22-12-7-5-10(6-8-12)15-17-19-20-18-15;1-16-15-11(10-18-16)4-3-5-14(15)19-13-8-6-12(17-2)7-9-13/h2-14H,15-17H2,1H3;2-5,10-12,24H,1,6-7,9H2;1-4,6,8-10,20H,5,7H2;2-6,9-11H,7-8,12H2,1H3;2-8H,9H2,1H3,(H,17,18,19,20);3-9H,10H2,1H3. The van der Waals surface area contributed by atoms with E-state index in [0.717, 1.165) is 164 Å². The Kier molecular flexibility index (Phi) is 28.6. The van der Waals surface area contributed by atoms with Crippen molar-refractivity contribution in [3.8, 4) is 51.8 Å². The summed E-state index contributed by atoms with van der Waals surface area (Å²) in [6.07, 6.45) is 10.4. The highest BCUT2D eigenvalue weighted by atomic mass is 35.5. The van der Waals surface area contributed by atoms with Crippen molar-refractivity contribution >= 4 is 142 Å². The molecular formula is C103H93B6Cl2N9O8S. The lowest BCUT2D eigenvalue weighted by Gasteiger charge is -2.26. The fourth-order valence-electron chi connectivity index (χ4n) is 17.4. The molecule has 129 heavy (non-hydrogen) atoms. The summed E-state index contributed by atoms with van der Waals surface area (Å²) in [5.41, 5.74) is 27.1. The second kappa shape index (κ2) is 41.7. The summed E-state index contributed by atoms with van der Waals surface area (Å²) in [7, 11) is 0. The maximum absolute atomic E-state index is 10.2. The van der Waals surface area contributed by atoms with Crippen LogP contribution in [0.4, 0.5) is 11.4 Å². The Hall–Kier alpha value is -12.5. The highest BCUT2D eigenvalue weighted by molar-refractivity contribution is 7.99. The Bertz CT molecular complexity index is 6640. The zero-order valence-electron chi connectivity index (χ0n) is 72.3. The minimum atomic E-state index is -0.365. The topological polar surface area (TPSA) is 192 Å². The molecule has 0 unspecified atom stereocenters. The number of halogens is 2. The van der Waals surface area contributed by atoms with Crippen LogP contribution in [0.25, 0.3) is 49.4 Å². The number of nitrogens with one attached hydrogen (secondary N) is 1. The summed E-state index contributed by atoms with van der Waals surface area (Å²) in [4.78, 5) is 6.92. The van der Waals surface area contributed by atoms with Gasteiger partial charge in [0.25, 0.3) is 0 Å². The molecular weight excluding hydrogens is 1660 g/mol. The van der Waals surface area contributed by atoms with Gasteiger partial charge in [-0.1, -0.05) is 225 Å². The number of nitrogens with zero attached hydrogens (tertiary/aromatic N) is 8. The molecule has 3 aromatic heterocycles. The van der Waals surface area contributed by atoms with Gasteiger partial charge in [-0.05, 0) is 248 Å². The largest absolute Gasteiger partial charge is 0.458 e. The predicted octanol–water partition coefficient (Wildman–Crippen LogP) is 19.6.